The third-order valence-electron chi connectivity index (χ3n) is 12.2. The first-order valence-corrected chi connectivity index (χ1v) is 18.1. The summed E-state index contributed by atoms with van der Waals surface area (Å²) >= 11 is 0. The summed E-state index contributed by atoms with van der Waals surface area (Å²) in [6, 6.07) is 9.27. The van der Waals surface area contributed by atoms with E-state index in [2.05, 4.69) is 153 Å². The highest BCUT2D eigenvalue weighted by atomic mass is 16.5. The van der Waals surface area contributed by atoms with Gasteiger partial charge in [0.05, 0.1) is 11.4 Å². The molecule has 0 amide bonds. The molecule has 6 atom stereocenters. The first-order valence-electron chi connectivity index (χ1n) is 18.1. The standard InChI is InChI=1S/C44H58N2O2/c1-24-19-28-33(44(16)36(24)45-31-22-25(38(2,3)4)20-29(34(31)48-44)40(8,9)10)27-17-18-42(28,14)37-43(27,15)47-35-30(41(11,12)13)21-26(39(5,6)7)23-32(35)46-37/h17-23,27-28,33H,1-16H3/t27-,28?,33?,42+,43+,44+/m0/s1. The molecule has 0 saturated heterocycles. The molecule has 4 aliphatic carbocycles. The molecule has 0 aromatic heterocycles. The van der Waals surface area contributed by atoms with Crippen LogP contribution < -0.4 is 9.47 Å². The summed E-state index contributed by atoms with van der Waals surface area (Å²) < 4.78 is 15.0. The highest BCUT2D eigenvalue weighted by Crippen LogP contribution is 2.65. The Kier molecular flexibility index (Phi) is 6.64. The fourth-order valence-electron chi connectivity index (χ4n) is 9.36. The normalized spacial score (nSPS) is 32.0. The van der Waals surface area contributed by atoms with Crippen LogP contribution in [0.4, 0.5) is 11.4 Å². The fraction of sp³-hybridized carbons (Fsp3) is 0.591. The molecule has 2 aromatic rings. The summed E-state index contributed by atoms with van der Waals surface area (Å²) in [7, 11) is 0. The van der Waals surface area contributed by atoms with Gasteiger partial charge in [0.25, 0.3) is 0 Å². The molecule has 0 spiro atoms. The summed E-state index contributed by atoms with van der Waals surface area (Å²) in [5.74, 6) is 2.21. The van der Waals surface area contributed by atoms with Crippen LogP contribution in [0.1, 0.15) is 133 Å². The Bertz CT molecular complexity index is 1880. The fourth-order valence-corrected chi connectivity index (χ4v) is 9.36. The van der Waals surface area contributed by atoms with Crippen LogP contribution in [0.5, 0.6) is 11.5 Å². The maximum absolute atomic E-state index is 7.51. The Morgan fingerprint density at radius 2 is 1.08 bits per heavy atom. The van der Waals surface area contributed by atoms with Gasteiger partial charge in [-0.25, -0.2) is 9.98 Å². The van der Waals surface area contributed by atoms with Crippen LogP contribution in [0.3, 0.4) is 0 Å². The summed E-state index contributed by atoms with van der Waals surface area (Å²) in [5.41, 5.74) is 8.52. The molecular formula is C44H58N2O2. The largest absolute Gasteiger partial charge is 0.478 e. The van der Waals surface area contributed by atoms with Gasteiger partial charge in [-0.3, -0.25) is 0 Å². The van der Waals surface area contributed by atoms with Crippen molar-refractivity contribution in [3.63, 3.8) is 0 Å². The molecule has 4 heteroatoms. The summed E-state index contributed by atoms with van der Waals surface area (Å²) in [4.78, 5) is 11.2. The number of hydrogen-bond acceptors (Lipinski definition) is 4. The molecule has 6 aliphatic rings. The predicted molar refractivity (Wildman–Crippen MR) is 201 cm³/mol. The Hall–Kier alpha value is -3.14. The zero-order valence-corrected chi connectivity index (χ0v) is 32.5. The number of fused-ring (bicyclic) bond motifs is 3. The van der Waals surface area contributed by atoms with Crippen LogP contribution in [-0.2, 0) is 21.7 Å². The number of nitrogens with zero attached hydrogens (tertiary/aromatic N) is 2. The minimum absolute atomic E-state index is 0.00108. The van der Waals surface area contributed by atoms with E-state index in [4.69, 9.17) is 19.5 Å². The molecule has 48 heavy (non-hydrogen) atoms. The monoisotopic (exact) mass is 646 g/mol. The number of aliphatic imine (C=N–C) groups is 2. The van der Waals surface area contributed by atoms with Gasteiger partial charge >= 0.3 is 0 Å². The smallest absolute Gasteiger partial charge is 0.152 e. The van der Waals surface area contributed by atoms with Gasteiger partial charge < -0.3 is 9.47 Å². The molecule has 2 heterocycles. The molecule has 1 fully saturated rings. The van der Waals surface area contributed by atoms with Crippen molar-refractivity contribution in [2.24, 2.45) is 33.2 Å². The summed E-state index contributed by atoms with van der Waals surface area (Å²) in [6.07, 6.45) is 7.33. The summed E-state index contributed by atoms with van der Waals surface area (Å²) in [5, 5.41) is 0. The Labute approximate surface area is 290 Å². The topological polar surface area (TPSA) is 43.2 Å². The van der Waals surface area contributed by atoms with Crippen LogP contribution in [0.2, 0.25) is 0 Å². The maximum atomic E-state index is 7.51. The lowest BCUT2D eigenvalue weighted by Gasteiger charge is -2.64. The average Bonchev–Trinajstić information content (AvgIpc) is 2.93. The zero-order chi connectivity index (χ0) is 35.4. The van der Waals surface area contributed by atoms with Crippen LogP contribution in [-0.4, -0.2) is 22.6 Å². The van der Waals surface area contributed by atoms with Gasteiger partial charge in [0.1, 0.15) is 22.9 Å². The molecule has 256 valence electrons. The van der Waals surface area contributed by atoms with E-state index >= 15 is 0 Å². The lowest BCUT2D eigenvalue weighted by Crippen LogP contribution is -2.73. The number of allylic oxidation sites excluding steroid dienone is 2. The van der Waals surface area contributed by atoms with E-state index in [1.165, 1.54) is 27.8 Å². The number of benzene rings is 2. The second-order valence-corrected chi connectivity index (χ2v) is 20.2. The second kappa shape index (κ2) is 9.55. The van der Waals surface area contributed by atoms with E-state index in [1.54, 1.807) is 0 Å². The molecule has 2 aliphatic heterocycles. The third kappa shape index (κ3) is 4.52. The molecule has 2 bridgehead atoms. The molecule has 8 rings (SSSR count). The minimum atomic E-state index is -0.641. The molecule has 2 aromatic carbocycles. The van der Waals surface area contributed by atoms with Crippen molar-refractivity contribution >= 4 is 22.8 Å². The zero-order valence-electron chi connectivity index (χ0n) is 32.5. The van der Waals surface area contributed by atoms with Crippen LogP contribution >= 0.6 is 0 Å². The van der Waals surface area contributed by atoms with Crippen molar-refractivity contribution in [3.05, 3.63) is 70.3 Å². The van der Waals surface area contributed by atoms with Crippen molar-refractivity contribution in [1.29, 1.82) is 0 Å². The molecule has 0 radical (unpaired) electrons. The van der Waals surface area contributed by atoms with Crippen molar-refractivity contribution in [3.8, 4) is 11.5 Å². The van der Waals surface area contributed by atoms with Gasteiger partial charge in [-0.1, -0.05) is 120 Å². The van der Waals surface area contributed by atoms with Crippen LogP contribution in [0.15, 0.2) is 58.1 Å². The first-order chi connectivity index (χ1) is 21.8. The lowest BCUT2D eigenvalue weighted by atomic mass is 9.43. The van der Waals surface area contributed by atoms with Gasteiger partial charge in [0.2, 0.25) is 0 Å². The second-order valence-electron chi connectivity index (χ2n) is 20.2. The van der Waals surface area contributed by atoms with Gasteiger partial charge in [0.15, 0.2) is 11.2 Å². The summed E-state index contributed by atoms with van der Waals surface area (Å²) in [6.45, 7) is 36.6. The van der Waals surface area contributed by atoms with Crippen LogP contribution in [0, 0.1) is 23.2 Å². The van der Waals surface area contributed by atoms with Gasteiger partial charge in [0, 0.05) is 28.4 Å². The molecule has 1 saturated carbocycles. The predicted octanol–water partition coefficient (Wildman–Crippen LogP) is 11.4. The quantitative estimate of drug-likeness (QED) is 0.267. The van der Waals surface area contributed by atoms with Crippen LogP contribution in [0.25, 0.3) is 0 Å². The average molecular weight is 647 g/mol. The Balaban J connectivity index is 1.44. The Morgan fingerprint density at radius 1 is 0.604 bits per heavy atom. The minimum Gasteiger partial charge on any atom is -0.478 e. The highest BCUT2D eigenvalue weighted by molar-refractivity contribution is 6.12. The van der Waals surface area contributed by atoms with Gasteiger partial charge in [-0.15, -0.1) is 0 Å². The highest BCUT2D eigenvalue weighted by Gasteiger charge is 2.70. The SMILES string of the molecule is CC1=CC2C([C@@H]3C=C[C@@]2(C)C2=Nc4cc(C(C)(C)C)cc(C(C)(C)C)c4O[C@@]23C)[C@@]2(C)Oc3c(cc(C(C)(C)C)cc3C(C)(C)C)N=C12. The van der Waals surface area contributed by atoms with E-state index in [0.717, 1.165) is 34.3 Å². The number of ether oxygens (including phenoxy) is 2. The van der Waals surface area contributed by atoms with Crippen molar-refractivity contribution in [1.82, 2.24) is 0 Å². The lowest BCUT2D eigenvalue weighted by molar-refractivity contribution is -0.0601. The first kappa shape index (κ1) is 33.4. The molecule has 4 nitrogen and oxygen atoms in total. The third-order valence-corrected chi connectivity index (χ3v) is 12.2. The van der Waals surface area contributed by atoms with E-state index < -0.39 is 11.2 Å². The van der Waals surface area contributed by atoms with Gasteiger partial charge in [-0.05, 0) is 77.2 Å². The number of rotatable bonds is 0. The maximum Gasteiger partial charge on any atom is 0.152 e. The van der Waals surface area contributed by atoms with Crippen molar-refractivity contribution in [2.45, 2.75) is 144 Å². The molecular weight excluding hydrogens is 588 g/mol. The number of hydrogen-bond donors (Lipinski definition) is 0. The van der Waals surface area contributed by atoms with E-state index in [-0.39, 0.29) is 44.8 Å². The van der Waals surface area contributed by atoms with Crippen molar-refractivity contribution in [2.75, 3.05) is 0 Å². The van der Waals surface area contributed by atoms with E-state index in [1.807, 2.05) is 0 Å². The molecule has 0 N–H and O–H groups in total. The van der Waals surface area contributed by atoms with Crippen molar-refractivity contribution < 1.29 is 9.47 Å². The van der Waals surface area contributed by atoms with E-state index in [9.17, 15) is 0 Å². The van der Waals surface area contributed by atoms with Gasteiger partial charge in [-0.2, -0.15) is 0 Å². The Morgan fingerprint density at radius 3 is 1.56 bits per heavy atom. The molecule has 2 unspecified atom stereocenters. The van der Waals surface area contributed by atoms with E-state index in [0.29, 0.717) is 0 Å².